The molecular formula is C27H27NO2S. The van der Waals surface area contributed by atoms with Crippen molar-refractivity contribution in [3.63, 3.8) is 0 Å². The van der Waals surface area contributed by atoms with Gasteiger partial charge >= 0.3 is 0 Å². The topological polar surface area (TPSA) is 30.8 Å². The lowest BCUT2D eigenvalue weighted by atomic mass is 9.75. The van der Waals surface area contributed by atoms with Crippen LogP contribution in [0.1, 0.15) is 48.3 Å². The van der Waals surface area contributed by atoms with E-state index in [1.165, 1.54) is 45.7 Å². The van der Waals surface area contributed by atoms with Gasteiger partial charge in [-0.15, -0.1) is 0 Å². The van der Waals surface area contributed by atoms with Crippen molar-refractivity contribution in [2.45, 2.75) is 47.4 Å². The Morgan fingerprint density at radius 2 is 1.55 bits per heavy atom. The van der Waals surface area contributed by atoms with Gasteiger partial charge in [0, 0.05) is 26.8 Å². The van der Waals surface area contributed by atoms with Crippen LogP contribution < -0.4 is 9.47 Å². The zero-order valence-corrected chi connectivity index (χ0v) is 18.8. The smallest absolute Gasteiger partial charge is 0.161 e. The highest BCUT2D eigenvalue weighted by Crippen LogP contribution is 2.45. The third kappa shape index (κ3) is 3.97. The van der Waals surface area contributed by atoms with E-state index in [1.807, 2.05) is 0 Å². The van der Waals surface area contributed by atoms with Crippen LogP contribution in [0.4, 0.5) is 0 Å². The number of rotatable bonds is 5. The monoisotopic (exact) mass is 429 g/mol. The van der Waals surface area contributed by atoms with Crippen molar-refractivity contribution in [3.8, 4) is 11.5 Å². The van der Waals surface area contributed by atoms with Gasteiger partial charge in [0.2, 0.25) is 0 Å². The summed E-state index contributed by atoms with van der Waals surface area (Å²) >= 11 is 1.78. The largest absolute Gasteiger partial charge is 0.493 e. The molecule has 1 aliphatic heterocycles. The molecular weight excluding hydrogens is 402 g/mol. The quantitative estimate of drug-likeness (QED) is 0.450. The molecule has 158 valence electrons. The van der Waals surface area contributed by atoms with Gasteiger partial charge in [-0.1, -0.05) is 54.9 Å². The van der Waals surface area contributed by atoms with Gasteiger partial charge in [-0.25, -0.2) is 0 Å². The Bertz CT molecular complexity index is 1110. The summed E-state index contributed by atoms with van der Waals surface area (Å²) < 4.78 is 11.3. The molecule has 3 aromatic rings. The summed E-state index contributed by atoms with van der Waals surface area (Å²) in [6.45, 7) is 0. The Balaban J connectivity index is 1.59. The summed E-state index contributed by atoms with van der Waals surface area (Å²) in [7, 11) is 3.41. The Hall–Kier alpha value is -2.72. The van der Waals surface area contributed by atoms with Gasteiger partial charge in [-0.2, -0.15) is 0 Å². The molecule has 0 aromatic heterocycles. The van der Waals surface area contributed by atoms with Crippen molar-refractivity contribution in [1.29, 1.82) is 0 Å². The van der Waals surface area contributed by atoms with Crippen LogP contribution in [-0.4, -0.2) is 26.0 Å². The minimum absolute atomic E-state index is 0.347. The predicted octanol–water partition coefficient (Wildman–Crippen LogP) is 6.73. The van der Waals surface area contributed by atoms with Crippen molar-refractivity contribution >= 4 is 17.5 Å². The Labute approximate surface area is 188 Å². The highest BCUT2D eigenvalue weighted by Gasteiger charge is 2.34. The van der Waals surface area contributed by atoms with Crippen LogP contribution in [-0.2, 0) is 0 Å². The summed E-state index contributed by atoms with van der Waals surface area (Å²) in [6.07, 6.45) is 4.86. The third-order valence-corrected chi connectivity index (χ3v) is 7.32. The summed E-state index contributed by atoms with van der Waals surface area (Å²) in [5.41, 5.74) is 4.78. The van der Waals surface area contributed by atoms with Crippen LogP contribution in [0.5, 0.6) is 11.5 Å². The second kappa shape index (κ2) is 8.80. The van der Waals surface area contributed by atoms with Crippen molar-refractivity contribution in [2.24, 2.45) is 4.99 Å². The second-order valence-electron chi connectivity index (χ2n) is 8.17. The Morgan fingerprint density at radius 3 is 2.35 bits per heavy atom. The molecule has 0 bridgehead atoms. The highest BCUT2D eigenvalue weighted by atomic mass is 32.2. The number of ether oxygens (including phenoxy) is 2. The van der Waals surface area contributed by atoms with Gasteiger partial charge in [-0.05, 0) is 54.8 Å². The number of methoxy groups -OCH3 is 2. The number of hydrogen-bond acceptors (Lipinski definition) is 4. The van der Waals surface area contributed by atoms with E-state index in [1.54, 1.807) is 26.0 Å². The second-order valence-corrected chi connectivity index (χ2v) is 9.32. The van der Waals surface area contributed by atoms with Gasteiger partial charge in [-0.3, -0.25) is 4.99 Å². The normalized spacial score (nSPS) is 19.7. The first-order chi connectivity index (χ1) is 15.3. The summed E-state index contributed by atoms with van der Waals surface area (Å²) in [6, 6.07) is 23.9. The maximum atomic E-state index is 5.64. The molecule has 2 atom stereocenters. The van der Waals surface area contributed by atoms with Gasteiger partial charge in [0.05, 0.1) is 26.0 Å². The maximum absolute atomic E-state index is 5.64. The van der Waals surface area contributed by atoms with Crippen LogP contribution in [0.25, 0.3) is 0 Å². The first-order valence-electron chi connectivity index (χ1n) is 10.9. The van der Waals surface area contributed by atoms with Crippen molar-refractivity contribution in [3.05, 3.63) is 83.4 Å². The molecule has 0 unspecified atom stereocenters. The lowest BCUT2D eigenvalue weighted by molar-refractivity contribution is 0.349. The summed E-state index contributed by atoms with van der Waals surface area (Å²) in [5.74, 6) is 2.03. The van der Waals surface area contributed by atoms with Crippen LogP contribution in [0.3, 0.4) is 0 Å². The van der Waals surface area contributed by atoms with E-state index in [0.717, 1.165) is 23.6 Å². The molecule has 3 aromatic carbocycles. The predicted molar refractivity (Wildman–Crippen MR) is 127 cm³/mol. The molecule has 1 fully saturated rings. The summed E-state index contributed by atoms with van der Waals surface area (Å²) in [5, 5.41) is 0. The van der Waals surface area contributed by atoms with Crippen molar-refractivity contribution in [2.75, 3.05) is 14.2 Å². The third-order valence-electron chi connectivity index (χ3n) is 6.32. The van der Waals surface area contributed by atoms with E-state index >= 15 is 0 Å². The minimum Gasteiger partial charge on any atom is -0.493 e. The molecule has 4 heteroatoms. The average Bonchev–Trinajstić information content (AvgIpc) is 2.83. The fourth-order valence-corrected chi connectivity index (χ4v) is 5.73. The molecule has 0 saturated heterocycles. The van der Waals surface area contributed by atoms with E-state index in [9.17, 15) is 0 Å². The number of fused-ring (bicyclic) bond motifs is 3. The molecule has 0 amide bonds. The van der Waals surface area contributed by atoms with E-state index in [-0.39, 0.29) is 0 Å². The molecule has 0 spiro atoms. The molecule has 0 N–H and O–H groups in total. The molecule has 0 radical (unpaired) electrons. The van der Waals surface area contributed by atoms with Crippen LogP contribution in [0.2, 0.25) is 0 Å². The molecule has 2 aliphatic rings. The number of hydrogen-bond donors (Lipinski definition) is 0. The molecule has 1 aliphatic carbocycles. The lowest BCUT2D eigenvalue weighted by Crippen LogP contribution is -2.29. The van der Waals surface area contributed by atoms with Gasteiger partial charge < -0.3 is 9.47 Å². The van der Waals surface area contributed by atoms with Gasteiger partial charge in [0.25, 0.3) is 0 Å². The molecule has 1 heterocycles. The fourth-order valence-electron chi connectivity index (χ4n) is 4.83. The number of aliphatic imine (C=N–C) groups is 1. The van der Waals surface area contributed by atoms with E-state index in [2.05, 4.69) is 66.7 Å². The molecule has 31 heavy (non-hydrogen) atoms. The summed E-state index contributed by atoms with van der Waals surface area (Å²) in [4.78, 5) is 7.77. The molecule has 1 saturated carbocycles. The van der Waals surface area contributed by atoms with Crippen LogP contribution in [0, 0.1) is 0 Å². The molecule has 5 rings (SSSR count). The Kier molecular flexibility index (Phi) is 5.73. The van der Waals surface area contributed by atoms with Crippen molar-refractivity contribution < 1.29 is 9.47 Å². The van der Waals surface area contributed by atoms with E-state index in [0.29, 0.717) is 12.0 Å². The first-order valence-corrected chi connectivity index (χ1v) is 11.8. The van der Waals surface area contributed by atoms with E-state index in [4.69, 9.17) is 14.5 Å². The zero-order valence-electron chi connectivity index (χ0n) is 18.0. The van der Waals surface area contributed by atoms with E-state index < -0.39 is 0 Å². The molecule has 3 nitrogen and oxygen atoms in total. The number of nitrogens with zero attached hydrogens (tertiary/aromatic N) is 1. The minimum atomic E-state index is 0.347. The first kappa shape index (κ1) is 20.2. The van der Waals surface area contributed by atoms with Gasteiger partial charge in [0.15, 0.2) is 11.5 Å². The standard InChI is InChI=1S/C27H27NO2S/c1-29-25-16-22-21-13-6-7-14-24(21)28-27(23(22)17-26(25)30-2)18-9-8-12-20(15-18)31-19-10-4-3-5-11-19/h3-5,8-12,15-17,21,24H,6-7,13-14H2,1-2H3/t21-,24-/m1/s1. The SMILES string of the molecule is COc1cc2c(cc1OC)[C@H]1CCCC[C@H]1N=C2c1cccc(Sc2ccccc2)c1. The fraction of sp³-hybridized carbons (Fsp3) is 0.296. The zero-order chi connectivity index (χ0) is 21.2. The average molecular weight is 430 g/mol. The lowest BCUT2D eigenvalue weighted by Gasteiger charge is -2.35. The van der Waals surface area contributed by atoms with Crippen molar-refractivity contribution in [1.82, 2.24) is 0 Å². The van der Waals surface area contributed by atoms with Crippen LogP contribution in [0.15, 0.2) is 81.5 Å². The van der Waals surface area contributed by atoms with Gasteiger partial charge in [0.1, 0.15) is 0 Å². The van der Waals surface area contributed by atoms with Crippen LogP contribution >= 0.6 is 11.8 Å². The maximum Gasteiger partial charge on any atom is 0.161 e. The highest BCUT2D eigenvalue weighted by molar-refractivity contribution is 7.99. The Morgan fingerprint density at radius 1 is 0.806 bits per heavy atom. The number of benzene rings is 3.